The number of nitrogens with zero attached hydrogens (tertiary/aromatic N) is 3. The molecule has 2 aliphatic rings. The van der Waals surface area contributed by atoms with Crippen LogP contribution in [0.25, 0.3) is 0 Å². The molecule has 0 fully saturated rings. The van der Waals surface area contributed by atoms with E-state index in [1.807, 2.05) is 0 Å². The van der Waals surface area contributed by atoms with E-state index in [9.17, 15) is 10.3 Å². The number of quaternary nitrogens is 1. The first-order valence-electron chi connectivity index (χ1n) is 5.18. The summed E-state index contributed by atoms with van der Waals surface area (Å²) in [7, 11) is 0. The summed E-state index contributed by atoms with van der Waals surface area (Å²) in [5.74, 6) is 0. The van der Waals surface area contributed by atoms with Gasteiger partial charge in [0.2, 0.25) is 5.60 Å². The number of aromatic nitrogens is 2. The van der Waals surface area contributed by atoms with Crippen LogP contribution >= 0.6 is 0 Å². The van der Waals surface area contributed by atoms with Crippen LogP contribution in [-0.4, -0.2) is 31.5 Å². The van der Waals surface area contributed by atoms with Gasteiger partial charge in [-0.15, -0.1) is 0 Å². The lowest BCUT2D eigenvalue weighted by molar-refractivity contribution is -0.769. The van der Waals surface area contributed by atoms with Crippen LogP contribution in [0.2, 0.25) is 0 Å². The molecule has 0 saturated carbocycles. The molecule has 1 aromatic heterocycles. The van der Waals surface area contributed by atoms with Gasteiger partial charge in [0.15, 0.2) is 11.4 Å². The van der Waals surface area contributed by atoms with Crippen LogP contribution in [0.4, 0.5) is 0 Å². The Bertz CT molecular complexity index is 497. The second kappa shape index (κ2) is 2.61. The zero-order chi connectivity index (χ0) is 11.6. The van der Waals surface area contributed by atoms with Crippen molar-refractivity contribution >= 4 is 5.71 Å². The molecule has 1 aromatic rings. The molecule has 2 atom stereocenters. The second-order valence-corrected chi connectivity index (χ2v) is 4.66. The van der Waals surface area contributed by atoms with E-state index in [0.717, 1.165) is 4.74 Å². The van der Waals surface area contributed by atoms with Crippen LogP contribution in [0, 0.1) is 5.21 Å². The Morgan fingerprint density at radius 3 is 3.06 bits per heavy atom. The molecule has 2 heterocycles. The molecule has 1 aliphatic heterocycles. The van der Waals surface area contributed by atoms with Gasteiger partial charge in [0.1, 0.15) is 5.69 Å². The summed E-state index contributed by atoms with van der Waals surface area (Å²) in [6.07, 6.45) is 1.24. The molecule has 86 valence electrons. The quantitative estimate of drug-likeness (QED) is 0.413. The number of aliphatic hydroxyl groups is 1. The van der Waals surface area contributed by atoms with E-state index in [1.54, 1.807) is 6.92 Å². The van der Waals surface area contributed by atoms with E-state index in [0.29, 0.717) is 29.9 Å². The van der Waals surface area contributed by atoms with Crippen molar-refractivity contribution in [2.24, 2.45) is 0 Å². The summed E-state index contributed by atoms with van der Waals surface area (Å²) in [6, 6.07) is 0. The van der Waals surface area contributed by atoms with E-state index in [4.69, 9.17) is 0 Å². The molecule has 0 aromatic carbocycles. The lowest BCUT2D eigenvalue weighted by Gasteiger charge is -2.34. The fraction of sp³-hybridized carbons (Fsp3) is 0.667. The van der Waals surface area contributed by atoms with Gasteiger partial charge >= 0.3 is 5.66 Å². The van der Waals surface area contributed by atoms with Gasteiger partial charge in [-0.05, 0) is 0 Å². The van der Waals surface area contributed by atoms with Crippen LogP contribution in [0.15, 0.2) is 4.63 Å². The zero-order valence-electron chi connectivity index (χ0n) is 8.93. The van der Waals surface area contributed by atoms with Gasteiger partial charge in [-0.1, -0.05) is 10.3 Å². The smallest absolute Gasteiger partial charge is 0.329 e. The normalized spacial score (nSPS) is 37.4. The van der Waals surface area contributed by atoms with Crippen molar-refractivity contribution in [2.45, 2.75) is 37.5 Å². The molecule has 0 bridgehead atoms. The number of aryl methyl sites for hydroxylation is 1. The minimum Gasteiger partial charge on any atom is -0.619 e. The van der Waals surface area contributed by atoms with E-state index in [1.165, 1.54) is 0 Å². The third-order valence-electron chi connectivity index (χ3n) is 3.74. The minimum atomic E-state index is -1.37. The summed E-state index contributed by atoms with van der Waals surface area (Å²) in [5, 5.41) is 30.1. The Labute approximate surface area is 91.1 Å². The van der Waals surface area contributed by atoms with Crippen molar-refractivity contribution in [3.63, 3.8) is 0 Å². The van der Waals surface area contributed by atoms with Gasteiger partial charge in [0.05, 0.1) is 12.8 Å². The first kappa shape index (κ1) is 9.73. The van der Waals surface area contributed by atoms with Crippen molar-refractivity contribution in [1.82, 2.24) is 10.3 Å². The Balaban J connectivity index is 2.22. The second-order valence-electron chi connectivity index (χ2n) is 4.66. The Hall–Kier alpha value is -1.47. The molecule has 0 unspecified atom stereocenters. The van der Waals surface area contributed by atoms with Crippen LogP contribution in [0.5, 0.6) is 0 Å². The summed E-state index contributed by atoms with van der Waals surface area (Å²) in [4.78, 5) is 0. The maximum absolute atomic E-state index is 12.0. The molecule has 0 saturated heterocycles. The zero-order valence-corrected chi connectivity index (χ0v) is 8.93. The lowest BCUT2D eigenvalue weighted by Crippen LogP contribution is -2.84. The molecule has 0 amide bonds. The Kier molecular flexibility index (Phi) is 1.59. The molecule has 7 heteroatoms. The van der Waals surface area contributed by atoms with E-state index in [2.05, 4.69) is 20.7 Å². The average Bonchev–Trinajstić information content (AvgIpc) is 2.77. The van der Waals surface area contributed by atoms with E-state index >= 15 is 0 Å². The maximum atomic E-state index is 12.0. The molecular weight excluding hydrogens is 212 g/mol. The average molecular weight is 225 g/mol. The number of hydroxylamine groups is 1. The van der Waals surface area contributed by atoms with E-state index < -0.39 is 11.3 Å². The van der Waals surface area contributed by atoms with Gasteiger partial charge in [0, 0.05) is 13.3 Å². The fourth-order valence-corrected chi connectivity index (χ4v) is 2.76. The topological polar surface area (TPSA) is 113 Å². The summed E-state index contributed by atoms with van der Waals surface area (Å²) >= 11 is 0. The fourth-order valence-electron chi connectivity index (χ4n) is 2.76. The molecule has 7 nitrogen and oxygen atoms in total. The monoisotopic (exact) mass is 225 g/mol. The number of fused-ring (bicyclic) bond motifs is 3. The molecule has 0 radical (unpaired) electrons. The number of hydrogen-bond acceptors (Lipinski definition) is 5. The van der Waals surface area contributed by atoms with Crippen LogP contribution in [-0.2, 0) is 12.0 Å². The van der Waals surface area contributed by atoms with Gasteiger partial charge in [-0.2, -0.15) is 4.74 Å². The maximum Gasteiger partial charge on any atom is 0.329 e. The van der Waals surface area contributed by atoms with E-state index in [-0.39, 0.29) is 6.42 Å². The molecule has 0 spiro atoms. The van der Waals surface area contributed by atoms with Crippen molar-refractivity contribution in [3.8, 4) is 0 Å². The minimum absolute atomic E-state index is 0.237. The summed E-state index contributed by atoms with van der Waals surface area (Å²) in [6.45, 7) is 1.70. The van der Waals surface area contributed by atoms with Gasteiger partial charge < -0.3 is 10.3 Å². The highest BCUT2D eigenvalue weighted by molar-refractivity contribution is 5.80. The predicted molar refractivity (Wildman–Crippen MR) is 51.1 cm³/mol. The third-order valence-corrected chi connectivity index (χ3v) is 3.74. The SMILES string of the molecule is CC1=[N+]([O-])[C@]2([NH3+])CCc3nonc3[C@]2(O)C1. The highest BCUT2D eigenvalue weighted by Gasteiger charge is 2.69. The first-order valence-corrected chi connectivity index (χ1v) is 5.18. The largest absolute Gasteiger partial charge is 0.619 e. The highest BCUT2D eigenvalue weighted by Crippen LogP contribution is 2.45. The van der Waals surface area contributed by atoms with Crippen LogP contribution in [0.3, 0.4) is 0 Å². The Morgan fingerprint density at radius 2 is 2.31 bits per heavy atom. The van der Waals surface area contributed by atoms with Crippen molar-refractivity contribution < 1.29 is 20.2 Å². The van der Waals surface area contributed by atoms with Crippen LogP contribution < -0.4 is 5.73 Å². The van der Waals surface area contributed by atoms with Gasteiger partial charge in [0.25, 0.3) is 0 Å². The van der Waals surface area contributed by atoms with Crippen molar-refractivity contribution in [1.29, 1.82) is 0 Å². The summed E-state index contributed by atoms with van der Waals surface area (Å²) in [5.41, 5.74) is 3.00. The first-order chi connectivity index (χ1) is 7.49. The third kappa shape index (κ3) is 0.840. The lowest BCUT2D eigenvalue weighted by atomic mass is 9.76. The molecule has 16 heavy (non-hydrogen) atoms. The number of hydrogen-bond donors (Lipinski definition) is 2. The molecule has 1 aliphatic carbocycles. The van der Waals surface area contributed by atoms with Crippen LogP contribution in [0.1, 0.15) is 31.2 Å². The Morgan fingerprint density at radius 1 is 1.56 bits per heavy atom. The summed E-state index contributed by atoms with van der Waals surface area (Å²) < 4.78 is 5.45. The molecular formula is C9H13N4O3+. The van der Waals surface area contributed by atoms with Gasteiger partial charge in [-0.3, -0.25) is 5.73 Å². The number of rotatable bonds is 0. The predicted octanol–water partition coefficient (Wildman–Crippen LogP) is -1.48. The van der Waals surface area contributed by atoms with Gasteiger partial charge in [-0.25, -0.2) is 4.63 Å². The van der Waals surface area contributed by atoms with Crippen molar-refractivity contribution in [2.75, 3.05) is 0 Å². The van der Waals surface area contributed by atoms with Crippen molar-refractivity contribution in [3.05, 3.63) is 16.6 Å². The molecule has 3 rings (SSSR count). The highest BCUT2D eigenvalue weighted by atomic mass is 16.6. The molecule has 4 N–H and O–H groups in total. The standard InChI is InChI=1S/C9H12N4O3/c1-5-4-8(14)7-6(11-16-12-7)2-3-9(8,10)13(5)15/h14H,2-4,10H2,1H3/p+1/t8-,9-/m1/s1.